The molecule has 0 saturated carbocycles. The Balaban J connectivity index is 2.97. The third-order valence-electron chi connectivity index (χ3n) is 4.40. The van der Waals surface area contributed by atoms with Crippen molar-refractivity contribution in [3.63, 3.8) is 0 Å². The SMILES string of the molecule is C=C(C)C(NCC)C(CC)(CC)N1CCCC1. The number of nitrogens with one attached hydrogen (secondary N) is 1. The van der Waals surface area contributed by atoms with Crippen LogP contribution in [0, 0.1) is 0 Å². The van der Waals surface area contributed by atoms with Gasteiger partial charge in [-0.05, 0) is 52.2 Å². The third-order valence-corrected chi connectivity index (χ3v) is 4.40. The number of hydrogen-bond donors (Lipinski definition) is 1. The van der Waals surface area contributed by atoms with E-state index in [1.807, 2.05) is 0 Å². The molecule has 1 unspecified atom stereocenters. The highest BCUT2D eigenvalue weighted by molar-refractivity contribution is 5.15. The Labute approximate surface area is 107 Å². The first-order chi connectivity index (χ1) is 8.12. The van der Waals surface area contributed by atoms with Crippen LogP contribution >= 0.6 is 0 Å². The third kappa shape index (κ3) is 2.92. The van der Waals surface area contributed by atoms with E-state index in [1.54, 1.807) is 0 Å². The summed E-state index contributed by atoms with van der Waals surface area (Å²) in [6, 6.07) is 0.431. The molecule has 0 aromatic rings. The van der Waals surface area contributed by atoms with Gasteiger partial charge < -0.3 is 5.32 Å². The molecule has 0 aromatic heterocycles. The van der Waals surface area contributed by atoms with Gasteiger partial charge in [0.1, 0.15) is 0 Å². The molecule has 1 atom stereocenters. The van der Waals surface area contributed by atoms with Crippen molar-refractivity contribution < 1.29 is 0 Å². The lowest BCUT2D eigenvalue weighted by Gasteiger charge is -2.47. The minimum absolute atomic E-state index is 0.276. The molecule has 1 aliphatic rings. The van der Waals surface area contributed by atoms with E-state index in [9.17, 15) is 0 Å². The predicted octanol–water partition coefficient (Wildman–Crippen LogP) is 3.20. The van der Waals surface area contributed by atoms with E-state index in [0.29, 0.717) is 6.04 Å². The Morgan fingerprint density at radius 1 is 1.24 bits per heavy atom. The molecule has 100 valence electrons. The first-order valence-electron chi connectivity index (χ1n) is 7.26. The van der Waals surface area contributed by atoms with Gasteiger partial charge in [0.2, 0.25) is 0 Å². The van der Waals surface area contributed by atoms with Gasteiger partial charge in [-0.2, -0.15) is 0 Å². The standard InChI is InChI=1S/C15H30N2/c1-6-15(7-2,17-11-9-10-12-17)14(13(4)5)16-8-3/h14,16H,4,6-12H2,1-3,5H3. The lowest BCUT2D eigenvalue weighted by Crippen LogP contribution is -2.60. The van der Waals surface area contributed by atoms with Crippen molar-refractivity contribution in [2.24, 2.45) is 0 Å². The van der Waals surface area contributed by atoms with Gasteiger partial charge in [0.25, 0.3) is 0 Å². The van der Waals surface area contributed by atoms with Crippen LogP contribution in [0.2, 0.25) is 0 Å². The lowest BCUT2D eigenvalue weighted by molar-refractivity contribution is 0.0757. The van der Waals surface area contributed by atoms with Gasteiger partial charge in [-0.15, -0.1) is 0 Å². The summed E-state index contributed by atoms with van der Waals surface area (Å²) in [5, 5.41) is 3.66. The fraction of sp³-hybridized carbons (Fsp3) is 0.867. The monoisotopic (exact) mass is 238 g/mol. The van der Waals surface area contributed by atoms with Gasteiger partial charge in [-0.25, -0.2) is 0 Å². The quantitative estimate of drug-likeness (QED) is 0.685. The summed E-state index contributed by atoms with van der Waals surface area (Å²) in [6.07, 6.45) is 5.12. The van der Waals surface area contributed by atoms with Crippen molar-refractivity contribution in [2.75, 3.05) is 19.6 Å². The Kier molecular flexibility index (Phi) is 5.68. The van der Waals surface area contributed by atoms with E-state index in [1.165, 1.54) is 44.3 Å². The Bertz CT molecular complexity index is 237. The van der Waals surface area contributed by atoms with Gasteiger partial charge in [-0.3, -0.25) is 4.90 Å². The van der Waals surface area contributed by atoms with Gasteiger partial charge >= 0.3 is 0 Å². The van der Waals surface area contributed by atoms with E-state index in [4.69, 9.17) is 0 Å². The minimum atomic E-state index is 0.276. The van der Waals surface area contributed by atoms with Crippen LogP contribution in [-0.2, 0) is 0 Å². The van der Waals surface area contributed by atoms with Crippen LogP contribution in [0.5, 0.6) is 0 Å². The highest BCUT2D eigenvalue weighted by atomic mass is 15.2. The second-order valence-corrected chi connectivity index (χ2v) is 5.34. The summed E-state index contributed by atoms with van der Waals surface area (Å²) in [5.41, 5.74) is 1.56. The van der Waals surface area contributed by atoms with Crippen molar-refractivity contribution in [1.82, 2.24) is 10.2 Å². The van der Waals surface area contributed by atoms with Crippen molar-refractivity contribution in [3.8, 4) is 0 Å². The summed E-state index contributed by atoms with van der Waals surface area (Å²) >= 11 is 0. The van der Waals surface area contributed by atoms with Crippen molar-refractivity contribution in [2.45, 2.75) is 65.0 Å². The predicted molar refractivity (Wildman–Crippen MR) is 76.4 cm³/mol. The van der Waals surface area contributed by atoms with Crippen molar-refractivity contribution in [3.05, 3.63) is 12.2 Å². The van der Waals surface area contributed by atoms with Crippen LogP contribution in [0.25, 0.3) is 0 Å². The normalized spacial score (nSPS) is 19.5. The van der Waals surface area contributed by atoms with E-state index < -0.39 is 0 Å². The van der Waals surface area contributed by atoms with Crippen molar-refractivity contribution >= 4 is 0 Å². The van der Waals surface area contributed by atoms with Gasteiger partial charge in [0.15, 0.2) is 0 Å². The molecule has 0 radical (unpaired) electrons. The molecular weight excluding hydrogens is 208 g/mol. The average molecular weight is 238 g/mol. The zero-order valence-corrected chi connectivity index (χ0v) is 12.2. The molecule has 0 bridgehead atoms. The molecule has 1 fully saturated rings. The summed E-state index contributed by atoms with van der Waals surface area (Å²) in [7, 11) is 0. The number of nitrogens with zero attached hydrogens (tertiary/aromatic N) is 1. The first kappa shape index (κ1) is 14.7. The number of hydrogen-bond acceptors (Lipinski definition) is 2. The minimum Gasteiger partial charge on any atom is -0.309 e. The molecule has 0 amide bonds. The lowest BCUT2D eigenvalue weighted by atomic mass is 9.79. The molecule has 2 nitrogen and oxygen atoms in total. The molecule has 17 heavy (non-hydrogen) atoms. The summed E-state index contributed by atoms with van der Waals surface area (Å²) in [5.74, 6) is 0. The van der Waals surface area contributed by atoms with Crippen LogP contribution in [0.1, 0.15) is 53.4 Å². The molecule has 0 aliphatic carbocycles. The molecule has 2 heteroatoms. The van der Waals surface area contributed by atoms with Gasteiger partial charge in [-0.1, -0.05) is 32.9 Å². The first-order valence-corrected chi connectivity index (χ1v) is 7.26. The Morgan fingerprint density at radius 3 is 2.12 bits per heavy atom. The Hall–Kier alpha value is -0.340. The Morgan fingerprint density at radius 2 is 1.76 bits per heavy atom. The van der Waals surface area contributed by atoms with E-state index in [2.05, 4.69) is 44.5 Å². The van der Waals surface area contributed by atoms with E-state index >= 15 is 0 Å². The molecule has 0 spiro atoms. The number of likely N-dealkylation sites (N-methyl/N-ethyl adjacent to an activating group) is 1. The second-order valence-electron chi connectivity index (χ2n) is 5.34. The molecule has 1 N–H and O–H groups in total. The van der Waals surface area contributed by atoms with Gasteiger partial charge in [0.05, 0.1) is 0 Å². The van der Waals surface area contributed by atoms with Gasteiger partial charge in [0, 0.05) is 11.6 Å². The molecule has 1 saturated heterocycles. The van der Waals surface area contributed by atoms with Crippen LogP contribution in [0.15, 0.2) is 12.2 Å². The molecule has 1 rings (SSSR count). The number of likely N-dealkylation sites (tertiary alicyclic amines) is 1. The smallest absolute Gasteiger partial charge is 0.0460 e. The molecule has 1 heterocycles. The largest absolute Gasteiger partial charge is 0.309 e. The highest BCUT2D eigenvalue weighted by Crippen LogP contribution is 2.33. The van der Waals surface area contributed by atoms with E-state index in [-0.39, 0.29) is 5.54 Å². The zero-order chi connectivity index (χ0) is 12.9. The maximum atomic E-state index is 4.22. The highest BCUT2D eigenvalue weighted by Gasteiger charge is 2.41. The topological polar surface area (TPSA) is 15.3 Å². The summed E-state index contributed by atoms with van der Waals surface area (Å²) < 4.78 is 0. The van der Waals surface area contributed by atoms with Crippen LogP contribution in [0.3, 0.4) is 0 Å². The fourth-order valence-electron chi connectivity index (χ4n) is 3.48. The average Bonchev–Trinajstić information content (AvgIpc) is 2.84. The summed E-state index contributed by atoms with van der Waals surface area (Å²) in [4.78, 5) is 2.70. The maximum Gasteiger partial charge on any atom is 0.0460 e. The molecule has 1 aliphatic heterocycles. The maximum absolute atomic E-state index is 4.22. The molecular formula is C15H30N2. The van der Waals surface area contributed by atoms with Crippen LogP contribution < -0.4 is 5.32 Å². The zero-order valence-electron chi connectivity index (χ0n) is 12.2. The fourth-order valence-corrected chi connectivity index (χ4v) is 3.48. The van der Waals surface area contributed by atoms with Crippen LogP contribution in [0.4, 0.5) is 0 Å². The van der Waals surface area contributed by atoms with Crippen molar-refractivity contribution in [1.29, 1.82) is 0 Å². The van der Waals surface area contributed by atoms with E-state index in [0.717, 1.165) is 6.54 Å². The summed E-state index contributed by atoms with van der Waals surface area (Å²) in [6.45, 7) is 16.8. The second kappa shape index (κ2) is 6.55. The van der Waals surface area contributed by atoms with Crippen LogP contribution in [-0.4, -0.2) is 36.1 Å². The molecule has 0 aromatic carbocycles. The number of rotatable bonds is 7.